The minimum Gasteiger partial charge on any atom is -0.379 e. The van der Waals surface area contributed by atoms with E-state index in [1.165, 1.54) is 7.11 Å². The lowest BCUT2D eigenvalue weighted by Crippen LogP contribution is -2.32. The molecule has 0 aromatic heterocycles. The Morgan fingerprint density at radius 3 is 2.42 bits per heavy atom. The topological polar surface area (TPSA) is 94.5 Å². The van der Waals surface area contributed by atoms with Crippen LogP contribution in [0.25, 0.3) is 0 Å². The summed E-state index contributed by atoms with van der Waals surface area (Å²) in [5.74, 6) is 0.123. The van der Waals surface area contributed by atoms with Crippen molar-refractivity contribution in [3.63, 3.8) is 0 Å². The maximum atomic E-state index is 11.8. The molecule has 154 valence electrons. The van der Waals surface area contributed by atoms with Crippen LogP contribution in [0.5, 0.6) is 0 Å². The fourth-order valence-corrected chi connectivity index (χ4v) is 6.36. The highest BCUT2D eigenvalue weighted by Gasteiger charge is 2.45. The molecule has 1 aliphatic rings. The standard InChI is InChI=1S/C15H33BO7P2S/c1-5-7-12(6-2)22-25(19,26)23-14-11(8-9-24(17,18)21-4)10-13(16)15(14)20-3/h11-15H,5-10,16H2,1-4H3,(H,17,18)(H,19,26)/t11-,12?,13+,14+,15-,25?/m0/s1. The third-order valence-corrected chi connectivity index (χ3v) is 7.95. The van der Waals surface area contributed by atoms with Gasteiger partial charge in [0.15, 0.2) is 0 Å². The Kier molecular flexibility index (Phi) is 10.5. The van der Waals surface area contributed by atoms with Crippen LogP contribution in [0.4, 0.5) is 0 Å². The summed E-state index contributed by atoms with van der Waals surface area (Å²) in [6.07, 6.45) is 2.84. The Hall–Kier alpha value is 0.705. The minimum absolute atomic E-state index is 0.0275. The van der Waals surface area contributed by atoms with E-state index in [9.17, 15) is 14.4 Å². The first-order chi connectivity index (χ1) is 12.1. The van der Waals surface area contributed by atoms with Crippen LogP contribution in [0.2, 0.25) is 5.82 Å². The van der Waals surface area contributed by atoms with Gasteiger partial charge in [-0.2, -0.15) is 0 Å². The van der Waals surface area contributed by atoms with E-state index in [0.717, 1.165) is 25.7 Å². The van der Waals surface area contributed by atoms with E-state index in [2.05, 4.69) is 4.52 Å². The van der Waals surface area contributed by atoms with Crippen molar-refractivity contribution in [2.24, 2.45) is 5.92 Å². The van der Waals surface area contributed by atoms with E-state index in [4.69, 9.17) is 25.6 Å². The van der Waals surface area contributed by atoms with Crippen molar-refractivity contribution in [3.05, 3.63) is 0 Å². The molecule has 1 fully saturated rings. The van der Waals surface area contributed by atoms with Crippen LogP contribution in [0.1, 0.15) is 46.0 Å². The van der Waals surface area contributed by atoms with Gasteiger partial charge >= 0.3 is 14.3 Å². The third-order valence-electron chi connectivity index (χ3n) is 4.97. The molecule has 1 aliphatic carbocycles. The summed E-state index contributed by atoms with van der Waals surface area (Å²) >= 11 is 5.25. The van der Waals surface area contributed by atoms with Crippen molar-refractivity contribution in [2.45, 2.75) is 70.1 Å². The van der Waals surface area contributed by atoms with Gasteiger partial charge in [-0.25, -0.2) is 0 Å². The predicted octanol–water partition coefficient (Wildman–Crippen LogP) is 2.86. The molecule has 0 spiro atoms. The monoisotopic (exact) mass is 430 g/mol. The zero-order valence-corrected chi connectivity index (χ0v) is 19.0. The quantitative estimate of drug-likeness (QED) is 0.361. The smallest absolute Gasteiger partial charge is 0.327 e. The molecule has 1 saturated carbocycles. The normalized spacial score (nSPS) is 32.1. The van der Waals surface area contributed by atoms with Crippen LogP contribution < -0.4 is 0 Å². The summed E-state index contributed by atoms with van der Waals surface area (Å²) in [5, 5.41) is 0. The van der Waals surface area contributed by atoms with Gasteiger partial charge in [0.2, 0.25) is 0 Å². The molecule has 0 aromatic rings. The van der Waals surface area contributed by atoms with Gasteiger partial charge in [-0.05, 0) is 49.2 Å². The van der Waals surface area contributed by atoms with Crippen molar-refractivity contribution >= 4 is 34.0 Å². The molecule has 0 heterocycles. The van der Waals surface area contributed by atoms with E-state index in [1.54, 1.807) is 7.11 Å². The molecule has 0 aliphatic heterocycles. The first-order valence-electron chi connectivity index (χ1n) is 9.19. The Labute approximate surface area is 163 Å². The van der Waals surface area contributed by atoms with Crippen molar-refractivity contribution in [1.29, 1.82) is 0 Å². The maximum absolute atomic E-state index is 11.8. The zero-order valence-electron chi connectivity index (χ0n) is 16.4. The second kappa shape index (κ2) is 11.0. The number of rotatable bonds is 12. The Bertz CT molecular complexity index is 524. The summed E-state index contributed by atoms with van der Waals surface area (Å²) in [6.45, 7) is 0.592. The molecule has 0 bridgehead atoms. The Morgan fingerprint density at radius 1 is 1.27 bits per heavy atom. The van der Waals surface area contributed by atoms with E-state index in [0.29, 0.717) is 6.42 Å². The van der Waals surface area contributed by atoms with E-state index < -0.39 is 20.4 Å². The summed E-state index contributed by atoms with van der Waals surface area (Å²) in [7, 11) is 1.26. The number of ether oxygens (including phenoxy) is 1. The van der Waals surface area contributed by atoms with Crippen LogP contribution in [0, 0.1) is 5.92 Å². The summed E-state index contributed by atoms with van der Waals surface area (Å²) in [4.78, 5) is 20.3. The second-order valence-corrected chi connectivity index (χ2v) is 11.8. The fourth-order valence-electron chi connectivity index (χ4n) is 3.57. The van der Waals surface area contributed by atoms with Crippen LogP contribution in [-0.2, 0) is 34.7 Å². The molecule has 0 aromatic carbocycles. The molecule has 0 saturated heterocycles. The Morgan fingerprint density at radius 2 is 1.92 bits per heavy atom. The molecular weight excluding hydrogens is 397 g/mol. The molecule has 11 heteroatoms. The minimum atomic E-state index is -3.60. The van der Waals surface area contributed by atoms with Gasteiger partial charge in [0.05, 0.1) is 24.5 Å². The van der Waals surface area contributed by atoms with E-state index in [-0.39, 0.29) is 30.1 Å². The first kappa shape index (κ1) is 24.7. The van der Waals surface area contributed by atoms with Gasteiger partial charge in [-0.15, -0.1) is 0 Å². The van der Waals surface area contributed by atoms with Gasteiger partial charge in [0.1, 0.15) is 7.85 Å². The van der Waals surface area contributed by atoms with Gasteiger partial charge in [-0.1, -0.05) is 20.3 Å². The van der Waals surface area contributed by atoms with Gasteiger partial charge in [0.25, 0.3) is 0 Å². The number of hydrogen-bond donors (Lipinski definition) is 2. The first-order valence-corrected chi connectivity index (χ1v) is 13.5. The predicted molar refractivity (Wildman–Crippen MR) is 109 cm³/mol. The van der Waals surface area contributed by atoms with Crippen molar-refractivity contribution in [3.8, 4) is 0 Å². The highest BCUT2D eigenvalue weighted by Crippen LogP contribution is 2.54. The number of methoxy groups -OCH3 is 1. The van der Waals surface area contributed by atoms with E-state index >= 15 is 0 Å². The summed E-state index contributed by atoms with van der Waals surface area (Å²) in [6, 6.07) is 0. The highest BCUT2D eigenvalue weighted by atomic mass is 32.5. The summed E-state index contributed by atoms with van der Waals surface area (Å²) < 4.78 is 33.6. The summed E-state index contributed by atoms with van der Waals surface area (Å²) in [5.41, 5.74) is 0. The molecule has 2 N–H and O–H groups in total. The lowest BCUT2D eigenvalue weighted by atomic mass is 9.83. The van der Waals surface area contributed by atoms with Gasteiger partial charge in [-0.3, -0.25) is 4.57 Å². The average molecular weight is 430 g/mol. The van der Waals surface area contributed by atoms with E-state index in [1.807, 2.05) is 21.7 Å². The lowest BCUT2D eigenvalue weighted by molar-refractivity contribution is -0.00853. The molecule has 7 nitrogen and oxygen atoms in total. The van der Waals surface area contributed by atoms with Gasteiger partial charge in [0, 0.05) is 14.2 Å². The van der Waals surface area contributed by atoms with Gasteiger partial charge < -0.3 is 28.1 Å². The SMILES string of the molecule is B[C@@H]1C[C@H](CCP(=O)(O)OC)[C@@H](OP(O)(=S)OC(CC)CCC)[C@H]1OC. The largest absolute Gasteiger partial charge is 0.379 e. The molecule has 1 rings (SSSR count). The molecule has 26 heavy (non-hydrogen) atoms. The third kappa shape index (κ3) is 7.61. The number of hydrogen-bond acceptors (Lipinski definition) is 6. The average Bonchev–Trinajstić information content (AvgIpc) is 2.86. The van der Waals surface area contributed by atoms with Crippen LogP contribution in [0.15, 0.2) is 0 Å². The van der Waals surface area contributed by atoms with Crippen LogP contribution in [-0.4, -0.2) is 56.3 Å². The highest BCUT2D eigenvalue weighted by molar-refractivity contribution is 8.07. The fraction of sp³-hybridized carbons (Fsp3) is 1.00. The lowest BCUT2D eigenvalue weighted by Gasteiger charge is -2.30. The molecule has 7 atom stereocenters. The van der Waals surface area contributed by atoms with Crippen LogP contribution in [0.3, 0.4) is 0 Å². The molecule has 3 unspecified atom stereocenters. The van der Waals surface area contributed by atoms with Crippen molar-refractivity contribution < 1.29 is 32.7 Å². The van der Waals surface area contributed by atoms with Crippen molar-refractivity contribution in [2.75, 3.05) is 20.4 Å². The Balaban J connectivity index is 2.84. The second-order valence-electron chi connectivity index (χ2n) is 6.97. The maximum Gasteiger partial charge on any atom is 0.327 e. The van der Waals surface area contributed by atoms with Crippen molar-refractivity contribution in [1.82, 2.24) is 0 Å². The molecule has 0 amide bonds. The molecule has 0 radical (unpaired) electrons. The van der Waals surface area contributed by atoms with Crippen LogP contribution >= 0.6 is 14.3 Å². The molecular formula is C15H33BO7P2S. The zero-order chi connectivity index (χ0) is 20.0.